The zero-order valence-corrected chi connectivity index (χ0v) is 12.5. The van der Waals surface area contributed by atoms with Crippen LogP contribution in [-0.2, 0) is 5.41 Å². The summed E-state index contributed by atoms with van der Waals surface area (Å²) in [5.74, 6) is -0.645. The van der Waals surface area contributed by atoms with E-state index in [0.29, 0.717) is 11.6 Å². The van der Waals surface area contributed by atoms with Crippen LogP contribution in [0.1, 0.15) is 50.8 Å². The molecule has 0 amide bonds. The van der Waals surface area contributed by atoms with E-state index in [-0.39, 0.29) is 10.8 Å². The molecular weight excluding hydrogens is 270 g/mol. The molecular formula is C17H18F2N2. The Morgan fingerprint density at radius 1 is 1.24 bits per heavy atom. The molecule has 21 heavy (non-hydrogen) atoms. The summed E-state index contributed by atoms with van der Waals surface area (Å²) in [6, 6.07) is 3.68. The van der Waals surface area contributed by atoms with E-state index in [1.54, 1.807) is 4.68 Å². The lowest BCUT2D eigenvalue weighted by atomic mass is 9.70. The molecule has 1 aromatic heterocycles. The molecule has 0 spiro atoms. The summed E-state index contributed by atoms with van der Waals surface area (Å²) in [4.78, 5) is 0. The molecule has 0 N–H and O–H groups in total. The van der Waals surface area contributed by atoms with Gasteiger partial charge in [-0.3, -0.25) is 0 Å². The van der Waals surface area contributed by atoms with Crippen LogP contribution in [0, 0.1) is 17.0 Å². The number of hydrogen-bond acceptors (Lipinski definition) is 1. The first kappa shape index (κ1) is 13.0. The largest absolute Gasteiger partial charge is 0.234 e. The van der Waals surface area contributed by atoms with Crippen LogP contribution in [0.4, 0.5) is 8.78 Å². The van der Waals surface area contributed by atoms with Crippen LogP contribution in [0.5, 0.6) is 0 Å². The first-order chi connectivity index (χ1) is 9.86. The molecule has 0 radical (unpaired) electrons. The third kappa shape index (κ3) is 1.38. The van der Waals surface area contributed by atoms with Crippen molar-refractivity contribution < 1.29 is 8.78 Å². The predicted molar refractivity (Wildman–Crippen MR) is 76.6 cm³/mol. The van der Waals surface area contributed by atoms with Crippen LogP contribution in [-0.4, -0.2) is 9.78 Å². The number of benzene rings is 1. The van der Waals surface area contributed by atoms with Crippen LogP contribution >= 0.6 is 0 Å². The first-order valence-electron chi connectivity index (χ1n) is 7.40. The summed E-state index contributed by atoms with van der Waals surface area (Å²) in [7, 11) is 0. The molecule has 2 aliphatic carbocycles. The monoisotopic (exact) mass is 288 g/mol. The topological polar surface area (TPSA) is 17.8 Å². The molecule has 110 valence electrons. The molecule has 4 rings (SSSR count). The molecule has 2 unspecified atom stereocenters. The summed E-state index contributed by atoms with van der Waals surface area (Å²) >= 11 is 0. The van der Waals surface area contributed by atoms with Crippen LogP contribution < -0.4 is 0 Å². The second-order valence-corrected chi connectivity index (χ2v) is 7.10. The Morgan fingerprint density at radius 2 is 2.00 bits per heavy atom. The van der Waals surface area contributed by atoms with Crippen molar-refractivity contribution in [2.24, 2.45) is 5.41 Å². The molecule has 1 aromatic carbocycles. The molecule has 1 saturated carbocycles. The number of halogens is 2. The van der Waals surface area contributed by atoms with Gasteiger partial charge in [0.1, 0.15) is 11.5 Å². The van der Waals surface area contributed by atoms with Crippen molar-refractivity contribution in [1.29, 1.82) is 0 Å². The van der Waals surface area contributed by atoms with Gasteiger partial charge in [-0.2, -0.15) is 5.10 Å². The number of fused-ring (bicyclic) bond motifs is 5. The van der Waals surface area contributed by atoms with Crippen molar-refractivity contribution in [2.75, 3.05) is 0 Å². The summed E-state index contributed by atoms with van der Waals surface area (Å²) in [5.41, 5.74) is 2.82. The van der Waals surface area contributed by atoms with Crippen molar-refractivity contribution in [3.63, 3.8) is 0 Å². The van der Waals surface area contributed by atoms with Gasteiger partial charge in [-0.25, -0.2) is 13.5 Å². The Hall–Kier alpha value is -1.71. The van der Waals surface area contributed by atoms with Crippen molar-refractivity contribution >= 4 is 0 Å². The molecule has 1 fully saturated rings. The maximum atomic E-state index is 14.1. The molecule has 2 bridgehead atoms. The molecule has 0 saturated heterocycles. The normalized spacial score (nSPS) is 28.9. The fourth-order valence-electron chi connectivity index (χ4n) is 4.47. The standard InChI is InChI=1S/C17H18F2N2/c1-16(2)12-6-7-17(16,3)15-11(12)9-20-21(15)14-5-4-10(18)8-13(14)19/h4-5,8-9,12H,6-7H2,1-3H3. The fourth-order valence-corrected chi connectivity index (χ4v) is 4.47. The predicted octanol–water partition coefficient (Wildman–Crippen LogP) is 4.33. The fraction of sp³-hybridized carbons (Fsp3) is 0.471. The maximum Gasteiger partial charge on any atom is 0.151 e. The molecule has 1 heterocycles. The van der Waals surface area contributed by atoms with Gasteiger partial charge in [-0.05, 0) is 41.9 Å². The molecule has 0 aliphatic heterocycles. The third-order valence-corrected chi connectivity index (χ3v) is 6.06. The zero-order valence-electron chi connectivity index (χ0n) is 12.5. The van der Waals surface area contributed by atoms with E-state index in [1.807, 2.05) is 6.20 Å². The first-order valence-corrected chi connectivity index (χ1v) is 7.40. The van der Waals surface area contributed by atoms with Crippen LogP contribution in [0.25, 0.3) is 5.69 Å². The quantitative estimate of drug-likeness (QED) is 0.764. The highest BCUT2D eigenvalue weighted by molar-refractivity contribution is 5.49. The number of aromatic nitrogens is 2. The van der Waals surface area contributed by atoms with Gasteiger partial charge < -0.3 is 0 Å². The van der Waals surface area contributed by atoms with Crippen molar-refractivity contribution in [3.05, 3.63) is 47.3 Å². The minimum Gasteiger partial charge on any atom is -0.234 e. The molecule has 2 atom stereocenters. The zero-order chi connectivity index (χ0) is 15.0. The highest BCUT2D eigenvalue weighted by Gasteiger charge is 2.61. The highest BCUT2D eigenvalue weighted by atomic mass is 19.1. The van der Waals surface area contributed by atoms with Gasteiger partial charge in [0.25, 0.3) is 0 Å². The Balaban J connectivity index is 1.96. The minimum atomic E-state index is -0.565. The lowest BCUT2D eigenvalue weighted by Crippen LogP contribution is -2.33. The average molecular weight is 288 g/mol. The SMILES string of the molecule is CC12CCC(c3cnn(-c4ccc(F)cc4F)c31)C2(C)C. The molecule has 4 heteroatoms. The molecule has 2 aromatic rings. The number of rotatable bonds is 1. The maximum absolute atomic E-state index is 14.1. The average Bonchev–Trinajstić information content (AvgIpc) is 2.97. The minimum absolute atomic E-state index is 0.00960. The van der Waals surface area contributed by atoms with E-state index in [0.717, 1.165) is 24.6 Å². The van der Waals surface area contributed by atoms with Gasteiger partial charge in [0.2, 0.25) is 0 Å². The van der Waals surface area contributed by atoms with Gasteiger partial charge in [-0.1, -0.05) is 20.8 Å². The van der Waals surface area contributed by atoms with Crippen molar-refractivity contribution in [1.82, 2.24) is 9.78 Å². The Kier molecular flexibility index (Phi) is 2.31. The van der Waals surface area contributed by atoms with Gasteiger partial charge in [0.15, 0.2) is 5.82 Å². The lowest BCUT2D eigenvalue weighted by Gasteiger charge is -2.35. The van der Waals surface area contributed by atoms with E-state index in [1.165, 1.54) is 17.7 Å². The van der Waals surface area contributed by atoms with Gasteiger partial charge in [0, 0.05) is 11.5 Å². The van der Waals surface area contributed by atoms with Crippen LogP contribution in [0.3, 0.4) is 0 Å². The summed E-state index contributed by atoms with van der Waals surface area (Å²) < 4.78 is 29.0. The molecule has 2 nitrogen and oxygen atoms in total. The van der Waals surface area contributed by atoms with Crippen LogP contribution in [0.2, 0.25) is 0 Å². The van der Waals surface area contributed by atoms with E-state index in [4.69, 9.17) is 0 Å². The smallest absolute Gasteiger partial charge is 0.151 e. The summed E-state index contributed by atoms with van der Waals surface area (Å²) in [6.07, 6.45) is 4.12. The van der Waals surface area contributed by atoms with Gasteiger partial charge >= 0.3 is 0 Å². The van der Waals surface area contributed by atoms with Gasteiger partial charge in [0.05, 0.1) is 11.9 Å². The number of nitrogens with zero attached hydrogens (tertiary/aromatic N) is 2. The summed E-state index contributed by atoms with van der Waals surface area (Å²) in [6.45, 7) is 6.82. The summed E-state index contributed by atoms with van der Waals surface area (Å²) in [5, 5.41) is 4.40. The molecule has 2 aliphatic rings. The highest BCUT2D eigenvalue weighted by Crippen LogP contribution is 2.67. The van der Waals surface area contributed by atoms with E-state index >= 15 is 0 Å². The van der Waals surface area contributed by atoms with Crippen LogP contribution in [0.15, 0.2) is 24.4 Å². The Labute approximate surface area is 122 Å². The third-order valence-electron chi connectivity index (χ3n) is 6.06. The number of hydrogen-bond donors (Lipinski definition) is 0. The lowest BCUT2D eigenvalue weighted by molar-refractivity contribution is 0.222. The van der Waals surface area contributed by atoms with Gasteiger partial charge in [-0.15, -0.1) is 0 Å². The second-order valence-electron chi connectivity index (χ2n) is 7.10. The van der Waals surface area contributed by atoms with Crippen molar-refractivity contribution in [2.45, 2.75) is 44.9 Å². The van der Waals surface area contributed by atoms with E-state index in [9.17, 15) is 8.78 Å². The van der Waals surface area contributed by atoms with E-state index < -0.39 is 11.6 Å². The Bertz CT molecular complexity index is 747. The van der Waals surface area contributed by atoms with Crippen molar-refractivity contribution in [3.8, 4) is 5.69 Å². The Morgan fingerprint density at radius 3 is 2.71 bits per heavy atom. The second kappa shape index (κ2) is 3.73. The van der Waals surface area contributed by atoms with E-state index in [2.05, 4.69) is 25.9 Å².